The van der Waals surface area contributed by atoms with Crippen LogP contribution in [0.25, 0.3) is 22.1 Å². The van der Waals surface area contributed by atoms with Crippen LogP contribution in [-0.4, -0.2) is 135 Å². The molecule has 8 rings (SSSR count). The number of benzene rings is 2. The van der Waals surface area contributed by atoms with Crippen molar-refractivity contribution in [3.63, 3.8) is 0 Å². The van der Waals surface area contributed by atoms with E-state index in [9.17, 15) is 19.8 Å². The van der Waals surface area contributed by atoms with Crippen LogP contribution < -0.4 is 24.8 Å². The van der Waals surface area contributed by atoms with Gasteiger partial charge >= 0.3 is 0 Å². The highest BCUT2D eigenvalue weighted by Crippen LogP contribution is 2.34. The van der Waals surface area contributed by atoms with E-state index < -0.39 is 0 Å². The van der Waals surface area contributed by atoms with Crippen LogP contribution in [0.5, 0.6) is 29.0 Å². The monoisotopic (exact) mass is 846 g/mol. The molecule has 4 aromatic heterocycles. The van der Waals surface area contributed by atoms with E-state index in [0.29, 0.717) is 139 Å². The number of nitrogens with zero attached hydrogens (tertiary/aromatic N) is 8. The lowest BCUT2D eigenvalue weighted by atomic mass is 10.2. The lowest BCUT2D eigenvalue weighted by molar-refractivity contribution is -0.130. The Balaban J connectivity index is 0.000000187. The number of fused-ring (bicyclic) bond motifs is 4. The Hall–Kier alpha value is -7.44. The average molecular weight is 847 g/mol. The molecule has 2 aliphatic heterocycles. The molecule has 6 heterocycles. The maximum Gasteiger partial charge on any atom is 0.222 e. The lowest BCUT2D eigenvalue weighted by Crippen LogP contribution is -2.29. The number of anilines is 2. The van der Waals surface area contributed by atoms with Gasteiger partial charge in [-0.25, -0.2) is 19.9 Å². The molecule has 0 fully saturated rings. The van der Waals surface area contributed by atoms with E-state index >= 15 is 0 Å². The van der Waals surface area contributed by atoms with E-state index in [1.54, 1.807) is 54.6 Å². The van der Waals surface area contributed by atoms with Gasteiger partial charge in [0.1, 0.15) is 41.3 Å². The molecule has 2 aromatic carbocycles. The van der Waals surface area contributed by atoms with Crippen molar-refractivity contribution in [1.29, 1.82) is 0 Å². The van der Waals surface area contributed by atoms with Crippen LogP contribution in [0.4, 0.5) is 23.0 Å². The second-order valence-electron chi connectivity index (χ2n) is 14.6. The highest BCUT2D eigenvalue weighted by Gasteiger charge is 2.18. The highest BCUT2D eigenvalue weighted by molar-refractivity contribution is 6.07. The number of H-pyrrole nitrogens is 2. The Kier molecular flexibility index (Phi) is 13.9. The molecular formula is C43H50N12O7. The van der Waals surface area contributed by atoms with Crippen molar-refractivity contribution >= 4 is 69.3 Å². The molecule has 4 bridgehead atoms. The zero-order valence-corrected chi connectivity index (χ0v) is 34.8. The van der Waals surface area contributed by atoms with Crippen LogP contribution in [0.1, 0.15) is 49.7 Å². The number of carbonyl (C=O) groups excluding carboxylic acids is 2. The third kappa shape index (κ3) is 10.5. The minimum absolute atomic E-state index is 0.0237. The number of amides is 2. The van der Waals surface area contributed by atoms with Gasteiger partial charge in [0.15, 0.2) is 23.3 Å². The van der Waals surface area contributed by atoms with Crippen molar-refractivity contribution in [2.24, 2.45) is 9.98 Å². The largest absolute Gasteiger partial charge is 0.494 e. The molecule has 6 aromatic rings. The molecule has 0 atom stereocenters. The maximum atomic E-state index is 12.4. The van der Waals surface area contributed by atoms with Gasteiger partial charge in [-0.2, -0.15) is 0 Å². The number of aromatic hydroxyl groups is 2. The van der Waals surface area contributed by atoms with Gasteiger partial charge in [0.25, 0.3) is 0 Å². The number of hydrogen-bond acceptors (Lipinski definition) is 15. The molecule has 0 aliphatic carbocycles. The van der Waals surface area contributed by atoms with Crippen LogP contribution in [0.3, 0.4) is 0 Å². The molecular weight excluding hydrogens is 797 g/mol. The van der Waals surface area contributed by atoms with Crippen LogP contribution in [0.15, 0.2) is 65.1 Å². The molecule has 2 amide bonds. The van der Waals surface area contributed by atoms with Gasteiger partial charge < -0.3 is 54.8 Å². The first-order valence-electron chi connectivity index (χ1n) is 20.4. The molecule has 6 N–H and O–H groups in total. The van der Waals surface area contributed by atoms with Gasteiger partial charge in [-0.3, -0.25) is 19.6 Å². The Morgan fingerprint density at radius 2 is 1.23 bits per heavy atom. The Morgan fingerprint density at radius 1 is 0.677 bits per heavy atom. The number of aromatic nitrogens is 6. The number of methoxy groups -OCH3 is 1. The molecule has 0 saturated carbocycles. The summed E-state index contributed by atoms with van der Waals surface area (Å²) in [5.41, 5.74) is 3.32. The Bertz CT molecular complexity index is 2570. The number of aliphatic imine (C=N–C) groups is 2. The third-order valence-electron chi connectivity index (χ3n) is 10.2. The summed E-state index contributed by atoms with van der Waals surface area (Å²) in [5, 5.41) is 28.7. The number of hydrogen-bond donors (Lipinski definition) is 6. The van der Waals surface area contributed by atoms with E-state index in [1.807, 2.05) is 31.3 Å². The Labute approximate surface area is 357 Å². The van der Waals surface area contributed by atoms with Crippen molar-refractivity contribution in [1.82, 2.24) is 39.7 Å². The summed E-state index contributed by atoms with van der Waals surface area (Å²) in [5.74, 6) is 3.09. The van der Waals surface area contributed by atoms with Crippen molar-refractivity contribution in [2.75, 3.05) is 71.2 Å². The van der Waals surface area contributed by atoms with E-state index in [-0.39, 0.29) is 23.6 Å². The zero-order valence-electron chi connectivity index (χ0n) is 34.8. The van der Waals surface area contributed by atoms with Gasteiger partial charge in [0.2, 0.25) is 11.8 Å². The molecule has 0 saturated heterocycles. The summed E-state index contributed by atoms with van der Waals surface area (Å²) in [6, 6.07) is 12.7. The second kappa shape index (κ2) is 20.2. The average Bonchev–Trinajstić information content (AvgIpc) is 3.79. The molecule has 0 unspecified atom stereocenters. The van der Waals surface area contributed by atoms with Crippen LogP contribution in [-0.2, 0) is 9.59 Å². The molecule has 2 aliphatic rings. The topological polar surface area (TPSA) is 241 Å². The van der Waals surface area contributed by atoms with Crippen molar-refractivity contribution in [3.05, 3.63) is 66.2 Å². The van der Waals surface area contributed by atoms with Crippen molar-refractivity contribution in [3.8, 4) is 29.0 Å². The first-order chi connectivity index (χ1) is 30.2. The van der Waals surface area contributed by atoms with E-state index in [2.05, 4.69) is 50.5 Å². The first-order valence-corrected chi connectivity index (χ1v) is 20.4. The highest BCUT2D eigenvalue weighted by atomic mass is 16.5. The van der Waals surface area contributed by atoms with Crippen LogP contribution >= 0.6 is 0 Å². The summed E-state index contributed by atoms with van der Waals surface area (Å²) >= 11 is 0. The normalized spacial score (nSPS) is 15.7. The predicted molar refractivity (Wildman–Crippen MR) is 236 cm³/mol. The van der Waals surface area contributed by atoms with Gasteiger partial charge in [0.05, 0.1) is 53.6 Å². The van der Waals surface area contributed by atoms with Gasteiger partial charge in [-0.1, -0.05) is 6.07 Å². The van der Waals surface area contributed by atoms with E-state index in [1.165, 1.54) is 12.7 Å². The summed E-state index contributed by atoms with van der Waals surface area (Å²) in [7, 11) is 5.18. The summed E-state index contributed by atoms with van der Waals surface area (Å²) in [4.78, 5) is 59.9. The minimum atomic E-state index is -0.0444. The second-order valence-corrected chi connectivity index (χ2v) is 14.6. The minimum Gasteiger partial charge on any atom is -0.494 e. The number of ether oxygens (including phenoxy) is 3. The molecule has 62 heavy (non-hydrogen) atoms. The van der Waals surface area contributed by atoms with E-state index in [0.717, 1.165) is 12.8 Å². The number of nitrogens with one attached hydrogen (secondary N) is 4. The van der Waals surface area contributed by atoms with Crippen molar-refractivity contribution in [2.45, 2.75) is 38.5 Å². The fourth-order valence-electron chi connectivity index (χ4n) is 6.87. The fraction of sp³-hybridized carbons (Fsp3) is 0.349. The summed E-state index contributed by atoms with van der Waals surface area (Å²) < 4.78 is 17.0. The predicted octanol–water partition coefficient (Wildman–Crippen LogP) is 5.70. The smallest absolute Gasteiger partial charge is 0.222 e. The molecule has 324 valence electrons. The summed E-state index contributed by atoms with van der Waals surface area (Å²) in [6.07, 6.45) is 9.62. The van der Waals surface area contributed by atoms with Gasteiger partial charge in [-0.15, -0.1) is 0 Å². The van der Waals surface area contributed by atoms with Crippen LogP contribution in [0, 0.1) is 0 Å². The van der Waals surface area contributed by atoms with Crippen molar-refractivity contribution < 1.29 is 34.0 Å². The standard InChI is InChI=1S/C22H26N6O4.C21H24N6O3/c1-28-9-4-8-23-20-19-15(22(30)27-21(19)26-13-25-20)12-24-14-6-7-16(31-2)17(11-14)32-10-3-5-18(28)29;1-27-9-4-8-22-19-18-16(21(29)26-20(18)25-13-24-19)12-23-14-5-2-6-15(11-14)30-10-3-7-17(27)28/h6-7,11-13,30H,3-5,8-10H2,1-2H3,(H2,23,25,26,27);2,5-6,11-13,29H,3-4,7-10H2,1H3,(H2,22,24,25,26). The lowest BCUT2D eigenvalue weighted by Gasteiger charge is -2.18. The number of carbonyl (C=O) groups is 2. The van der Waals surface area contributed by atoms with Gasteiger partial charge in [-0.05, 0) is 49.9 Å². The molecule has 19 heteroatoms. The first kappa shape index (κ1) is 42.7. The van der Waals surface area contributed by atoms with E-state index in [4.69, 9.17) is 14.2 Å². The fourth-order valence-corrected chi connectivity index (χ4v) is 6.87. The SMILES string of the molecule is CN1CCCNc2ncnc3[nH]c(O)c(c23)C=Nc2cccc(c2)OCCCC1=O.COc1ccc2cc1OCCCC(=O)N(C)CCCNc1ncnc3[nH]c(O)c(c13)C=N2. The molecule has 19 nitrogen and oxygen atoms in total. The molecule has 0 radical (unpaired) electrons. The van der Waals surface area contributed by atoms with Crippen LogP contribution in [0.2, 0.25) is 0 Å². The zero-order chi connectivity index (χ0) is 43.4. The number of rotatable bonds is 1. The van der Waals surface area contributed by atoms with Gasteiger partial charge in [0, 0.05) is 77.7 Å². The molecule has 0 spiro atoms. The quantitative estimate of drug-likeness (QED) is 0.117. The third-order valence-corrected chi connectivity index (χ3v) is 10.2. The summed E-state index contributed by atoms with van der Waals surface area (Å²) in [6.45, 7) is 3.32. The number of aromatic amines is 2. The maximum absolute atomic E-state index is 12.4. The Morgan fingerprint density at radius 3 is 1.79 bits per heavy atom.